The molecule has 142 valence electrons. The van der Waals surface area contributed by atoms with Crippen LogP contribution in [0.4, 0.5) is 5.00 Å². The number of carbonyl (C=O) groups excluding carboxylic acids is 2. The van der Waals surface area contributed by atoms with Crippen LogP contribution in [-0.4, -0.2) is 30.3 Å². The molecule has 8 heteroatoms. The summed E-state index contributed by atoms with van der Waals surface area (Å²) in [6.07, 6.45) is -0.378. The second-order valence-electron chi connectivity index (χ2n) is 6.04. The van der Waals surface area contributed by atoms with Crippen LogP contribution < -0.4 is 5.32 Å². The van der Waals surface area contributed by atoms with E-state index in [4.69, 9.17) is 9.57 Å². The van der Waals surface area contributed by atoms with E-state index in [-0.39, 0.29) is 12.5 Å². The van der Waals surface area contributed by atoms with Crippen LogP contribution in [0.15, 0.2) is 33.9 Å². The number of benzene rings is 1. The Morgan fingerprint density at radius 3 is 2.89 bits per heavy atom. The first kappa shape index (κ1) is 19.6. The Morgan fingerprint density at radius 1 is 1.41 bits per heavy atom. The second kappa shape index (κ2) is 8.22. The molecule has 1 aliphatic rings. The smallest absolute Gasteiger partial charge is 0.341 e. The van der Waals surface area contributed by atoms with Crippen molar-refractivity contribution in [2.24, 2.45) is 5.16 Å². The number of thiophene rings is 1. The van der Waals surface area contributed by atoms with Crippen LogP contribution in [0.1, 0.15) is 39.7 Å². The van der Waals surface area contributed by atoms with Crippen LogP contribution in [0.25, 0.3) is 0 Å². The molecule has 27 heavy (non-hydrogen) atoms. The standard InChI is InChI=1S/C19H19BrN2O4S/c1-4-25-19(24)16-10(2)11(3)27-18(16)21-17(23)15-9-14(22-26-15)12-6-5-7-13(20)8-12/h5-8,15H,4,9H2,1-3H3,(H,21,23). The van der Waals surface area contributed by atoms with Gasteiger partial charge in [0.1, 0.15) is 5.00 Å². The van der Waals surface area contributed by atoms with Crippen molar-refractivity contribution in [1.29, 1.82) is 0 Å². The molecule has 1 amide bonds. The summed E-state index contributed by atoms with van der Waals surface area (Å²) in [6, 6.07) is 7.66. The Morgan fingerprint density at radius 2 is 2.19 bits per heavy atom. The third-order valence-corrected chi connectivity index (χ3v) is 5.84. The number of halogens is 1. The minimum absolute atomic E-state index is 0.274. The molecule has 6 nitrogen and oxygen atoms in total. The van der Waals surface area contributed by atoms with E-state index in [2.05, 4.69) is 26.4 Å². The topological polar surface area (TPSA) is 77.0 Å². The van der Waals surface area contributed by atoms with Gasteiger partial charge in [0.25, 0.3) is 5.91 Å². The highest BCUT2D eigenvalue weighted by atomic mass is 79.9. The van der Waals surface area contributed by atoms with Gasteiger partial charge in [0.2, 0.25) is 6.10 Å². The van der Waals surface area contributed by atoms with E-state index < -0.39 is 12.1 Å². The predicted molar refractivity (Wildman–Crippen MR) is 109 cm³/mol. The first-order valence-electron chi connectivity index (χ1n) is 8.47. The van der Waals surface area contributed by atoms with Gasteiger partial charge in [0.05, 0.1) is 17.9 Å². The van der Waals surface area contributed by atoms with Gasteiger partial charge in [-0.3, -0.25) is 4.79 Å². The van der Waals surface area contributed by atoms with E-state index in [1.165, 1.54) is 11.3 Å². The Kier molecular flexibility index (Phi) is 5.96. The van der Waals surface area contributed by atoms with Crippen molar-refractivity contribution in [3.8, 4) is 0 Å². The lowest BCUT2D eigenvalue weighted by Gasteiger charge is -2.10. The van der Waals surface area contributed by atoms with Gasteiger partial charge in [0.15, 0.2) is 0 Å². The van der Waals surface area contributed by atoms with E-state index in [0.29, 0.717) is 22.7 Å². The van der Waals surface area contributed by atoms with Gasteiger partial charge in [-0.1, -0.05) is 33.2 Å². The van der Waals surface area contributed by atoms with Gasteiger partial charge >= 0.3 is 5.97 Å². The molecule has 1 unspecified atom stereocenters. The van der Waals surface area contributed by atoms with Gasteiger partial charge in [-0.05, 0) is 38.5 Å². The van der Waals surface area contributed by atoms with Gasteiger partial charge in [-0.15, -0.1) is 11.3 Å². The fourth-order valence-electron chi connectivity index (χ4n) is 2.71. The molecule has 1 atom stereocenters. The van der Waals surface area contributed by atoms with Crippen LogP contribution in [0.2, 0.25) is 0 Å². The van der Waals surface area contributed by atoms with E-state index in [1.54, 1.807) is 6.92 Å². The molecule has 1 aliphatic heterocycles. The van der Waals surface area contributed by atoms with E-state index in [9.17, 15) is 9.59 Å². The average Bonchev–Trinajstić information content (AvgIpc) is 3.21. The number of nitrogens with zero attached hydrogens (tertiary/aromatic N) is 1. The molecule has 0 aliphatic carbocycles. The summed E-state index contributed by atoms with van der Waals surface area (Å²) in [5.74, 6) is -0.774. The lowest BCUT2D eigenvalue weighted by molar-refractivity contribution is -0.125. The summed E-state index contributed by atoms with van der Waals surface area (Å²) in [4.78, 5) is 31.2. The molecule has 0 radical (unpaired) electrons. The van der Waals surface area contributed by atoms with E-state index >= 15 is 0 Å². The van der Waals surface area contributed by atoms with Crippen molar-refractivity contribution in [3.63, 3.8) is 0 Å². The van der Waals surface area contributed by atoms with Crippen molar-refractivity contribution in [3.05, 3.63) is 50.3 Å². The third kappa shape index (κ3) is 4.22. The summed E-state index contributed by atoms with van der Waals surface area (Å²) in [5.41, 5.74) is 2.82. The maximum atomic E-state index is 12.6. The minimum atomic E-state index is -0.739. The molecule has 0 spiro atoms. The maximum absolute atomic E-state index is 12.6. The second-order valence-corrected chi connectivity index (χ2v) is 8.18. The number of esters is 1. The van der Waals surface area contributed by atoms with Crippen molar-refractivity contribution < 1.29 is 19.2 Å². The number of rotatable bonds is 5. The zero-order valence-electron chi connectivity index (χ0n) is 15.2. The normalized spacial score (nSPS) is 15.9. The quantitative estimate of drug-likeness (QED) is 0.683. The molecular weight excluding hydrogens is 432 g/mol. The number of anilines is 1. The van der Waals surface area contributed by atoms with E-state index in [0.717, 1.165) is 20.5 Å². The zero-order chi connectivity index (χ0) is 19.6. The SMILES string of the molecule is CCOC(=O)c1c(NC(=O)C2CC(c3cccc(Br)c3)=NO2)sc(C)c1C. The van der Waals surface area contributed by atoms with Crippen LogP contribution >= 0.6 is 27.3 Å². The number of hydrogen-bond acceptors (Lipinski definition) is 6. The van der Waals surface area contributed by atoms with Gasteiger partial charge < -0.3 is 14.9 Å². The monoisotopic (exact) mass is 450 g/mol. The highest BCUT2D eigenvalue weighted by Gasteiger charge is 2.31. The van der Waals surface area contributed by atoms with Crippen molar-refractivity contribution in [1.82, 2.24) is 0 Å². The number of aryl methyl sites for hydroxylation is 1. The summed E-state index contributed by atoms with van der Waals surface area (Å²) < 4.78 is 6.04. The number of hydrogen-bond donors (Lipinski definition) is 1. The number of oxime groups is 1. The van der Waals surface area contributed by atoms with Gasteiger partial charge in [-0.25, -0.2) is 4.79 Å². The molecular formula is C19H19BrN2O4S. The highest BCUT2D eigenvalue weighted by Crippen LogP contribution is 2.33. The average molecular weight is 451 g/mol. The van der Waals surface area contributed by atoms with Crippen molar-refractivity contribution in [2.45, 2.75) is 33.3 Å². The van der Waals surface area contributed by atoms with Crippen LogP contribution in [0.5, 0.6) is 0 Å². The summed E-state index contributed by atoms with van der Waals surface area (Å²) in [7, 11) is 0. The van der Waals surface area contributed by atoms with Crippen molar-refractivity contribution >= 4 is 49.9 Å². The lowest BCUT2D eigenvalue weighted by atomic mass is 10.0. The molecule has 0 fully saturated rings. The lowest BCUT2D eigenvalue weighted by Crippen LogP contribution is -2.28. The molecule has 1 aromatic heterocycles. The zero-order valence-corrected chi connectivity index (χ0v) is 17.6. The molecule has 0 saturated carbocycles. The Hall–Kier alpha value is -2.19. The van der Waals surface area contributed by atoms with Gasteiger partial charge in [0, 0.05) is 21.3 Å². The Labute approximate surface area is 169 Å². The number of carbonyl (C=O) groups is 2. The van der Waals surface area contributed by atoms with Crippen LogP contribution in [0.3, 0.4) is 0 Å². The minimum Gasteiger partial charge on any atom is -0.462 e. The molecule has 1 N–H and O–H groups in total. The fraction of sp³-hybridized carbons (Fsp3) is 0.316. The highest BCUT2D eigenvalue weighted by molar-refractivity contribution is 9.10. The third-order valence-electron chi connectivity index (χ3n) is 4.22. The van der Waals surface area contributed by atoms with Crippen LogP contribution in [-0.2, 0) is 14.4 Å². The molecule has 0 bridgehead atoms. The van der Waals surface area contributed by atoms with Gasteiger partial charge in [-0.2, -0.15) is 0 Å². The summed E-state index contributed by atoms with van der Waals surface area (Å²) >= 11 is 4.77. The molecule has 1 aromatic carbocycles. The Balaban J connectivity index is 1.72. The predicted octanol–water partition coefficient (Wildman–Crippen LogP) is 4.44. The fourth-order valence-corrected chi connectivity index (χ4v) is 4.16. The maximum Gasteiger partial charge on any atom is 0.341 e. The van der Waals surface area contributed by atoms with Crippen molar-refractivity contribution in [2.75, 3.05) is 11.9 Å². The first-order valence-corrected chi connectivity index (χ1v) is 10.1. The van der Waals surface area contributed by atoms with Crippen LogP contribution in [0, 0.1) is 13.8 Å². The molecule has 0 saturated heterocycles. The Bertz CT molecular complexity index is 922. The molecule has 2 aromatic rings. The summed E-state index contributed by atoms with van der Waals surface area (Å²) in [6.45, 7) is 5.77. The molecule has 2 heterocycles. The number of ether oxygens (including phenoxy) is 1. The summed E-state index contributed by atoms with van der Waals surface area (Å²) in [5, 5.41) is 7.34. The van der Waals surface area contributed by atoms with E-state index in [1.807, 2.05) is 38.1 Å². The largest absolute Gasteiger partial charge is 0.462 e. The molecule has 3 rings (SSSR count). The first-order chi connectivity index (χ1) is 12.9. The number of nitrogens with one attached hydrogen (secondary N) is 1. The number of amides is 1.